The summed E-state index contributed by atoms with van der Waals surface area (Å²) in [4.78, 5) is 8.19. The van der Waals surface area contributed by atoms with Gasteiger partial charge in [-0.25, -0.2) is 9.97 Å². The molecule has 0 amide bonds. The first-order valence-electron chi connectivity index (χ1n) is 3.75. The summed E-state index contributed by atoms with van der Waals surface area (Å²) in [6, 6.07) is 1.86. The number of alkyl halides is 1. The summed E-state index contributed by atoms with van der Waals surface area (Å²) in [5.41, 5.74) is 0.863. The number of hydrogen-bond acceptors (Lipinski definition) is 2. The van der Waals surface area contributed by atoms with Crippen molar-refractivity contribution in [3.05, 3.63) is 30.4 Å². The van der Waals surface area contributed by atoms with Crippen molar-refractivity contribution in [2.75, 3.05) is 5.33 Å². The molecule has 4 heteroatoms. The standard InChI is InChI=1S/C9H6BrN3/c10-4-1-3-8-7-12-9-11-5-2-6-13(8)9/h2,5-7H,4H2. The first-order chi connectivity index (χ1) is 6.42. The van der Waals surface area contributed by atoms with Gasteiger partial charge in [-0.1, -0.05) is 21.9 Å². The van der Waals surface area contributed by atoms with Crippen molar-refractivity contribution in [1.82, 2.24) is 14.4 Å². The average molecular weight is 236 g/mol. The van der Waals surface area contributed by atoms with Crippen molar-refractivity contribution >= 4 is 21.7 Å². The van der Waals surface area contributed by atoms with Gasteiger partial charge in [0.1, 0.15) is 5.69 Å². The lowest BCUT2D eigenvalue weighted by Gasteiger charge is -1.90. The van der Waals surface area contributed by atoms with E-state index < -0.39 is 0 Å². The molecule has 0 fully saturated rings. The summed E-state index contributed by atoms with van der Waals surface area (Å²) in [7, 11) is 0. The van der Waals surface area contributed by atoms with E-state index in [1.807, 2.05) is 16.7 Å². The Labute approximate surface area is 84.0 Å². The van der Waals surface area contributed by atoms with Crippen molar-refractivity contribution in [2.24, 2.45) is 0 Å². The highest BCUT2D eigenvalue weighted by Gasteiger charge is 1.98. The van der Waals surface area contributed by atoms with Crippen LogP contribution in [0.1, 0.15) is 5.69 Å². The van der Waals surface area contributed by atoms with Gasteiger partial charge >= 0.3 is 0 Å². The molecule has 64 valence electrons. The van der Waals surface area contributed by atoms with E-state index in [0.717, 1.165) is 5.69 Å². The molecule has 0 unspecified atom stereocenters. The molecule has 0 spiro atoms. The first-order valence-corrected chi connectivity index (χ1v) is 4.87. The number of halogens is 1. The van der Waals surface area contributed by atoms with Gasteiger partial charge in [0.15, 0.2) is 0 Å². The van der Waals surface area contributed by atoms with Crippen molar-refractivity contribution in [3.63, 3.8) is 0 Å². The normalized spacial score (nSPS) is 9.62. The van der Waals surface area contributed by atoms with E-state index >= 15 is 0 Å². The van der Waals surface area contributed by atoms with Crippen LogP contribution in [0.15, 0.2) is 24.7 Å². The summed E-state index contributed by atoms with van der Waals surface area (Å²) < 4.78 is 1.86. The molecular formula is C9H6BrN3. The molecule has 0 aliphatic heterocycles. The molecule has 0 radical (unpaired) electrons. The molecule has 2 rings (SSSR count). The second kappa shape index (κ2) is 3.58. The van der Waals surface area contributed by atoms with Gasteiger partial charge in [0.05, 0.1) is 11.5 Å². The predicted octanol–water partition coefficient (Wildman–Crippen LogP) is 1.48. The lowest BCUT2D eigenvalue weighted by atomic mass is 10.4. The number of nitrogens with zero attached hydrogens (tertiary/aromatic N) is 3. The molecule has 0 atom stereocenters. The molecule has 3 nitrogen and oxygen atoms in total. The van der Waals surface area contributed by atoms with Crippen LogP contribution in [0, 0.1) is 11.8 Å². The number of aromatic nitrogens is 3. The maximum atomic E-state index is 4.11. The molecular weight excluding hydrogens is 230 g/mol. The summed E-state index contributed by atoms with van der Waals surface area (Å²) in [5.74, 6) is 6.58. The minimum atomic E-state index is 0.667. The number of fused-ring (bicyclic) bond motifs is 1. The van der Waals surface area contributed by atoms with Crippen molar-refractivity contribution in [2.45, 2.75) is 0 Å². The third-order valence-electron chi connectivity index (χ3n) is 1.57. The lowest BCUT2D eigenvalue weighted by Crippen LogP contribution is -1.88. The van der Waals surface area contributed by atoms with Crippen LogP contribution in [0.5, 0.6) is 0 Å². The molecule has 13 heavy (non-hydrogen) atoms. The minimum Gasteiger partial charge on any atom is -0.277 e. The Balaban J connectivity index is 2.58. The fourth-order valence-corrected chi connectivity index (χ4v) is 1.18. The van der Waals surface area contributed by atoms with Crippen LogP contribution in [0.3, 0.4) is 0 Å². The Bertz CT molecular complexity index is 478. The SMILES string of the molecule is BrCC#Cc1cnc2ncccn12. The molecule has 2 aromatic rings. The smallest absolute Gasteiger partial charge is 0.234 e. The molecule has 0 bridgehead atoms. The van der Waals surface area contributed by atoms with Crippen molar-refractivity contribution < 1.29 is 0 Å². The quantitative estimate of drug-likeness (QED) is 0.512. The second-order valence-electron chi connectivity index (χ2n) is 2.37. The van der Waals surface area contributed by atoms with Crippen LogP contribution in [-0.2, 0) is 0 Å². The molecule has 0 saturated carbocycles. The topological polar surface area (TPSA) is 30.2 Å². The minimum absolute atomic E-state index is 0.667. The first kappa shape index (κ1) is 8.27. The maximum Gasteiger partial charge on any atom is 0.234 e. The van der Waals surface area contributed by atoms with Gasteiger partial charge in [-0.2, -0.15) is 0 Å². The molecule has 0 aliphatic carbocycles. The van der Waals surface area contributed by atoms with Gasteiger partial charge in [-0.15, -0.1) is 0 Å². The monoisotopic (exact) mass is 235 g/mol. The Morgan fingerprint density at radius 1 is 1.46 bits per heavy atom. The van der Waals surface area contributed by atoms with E-state index in [4.69, 9.17) is 0 Å². The van der Waals surface area contributed by atoms with Crippen LogP contribution in [0.2, 0.25) is 0 Å². The van der Waals surface area contributed by atoms with Gasteiger partial charge in [-0.3, -0.25) is 4.40 Å². The second-order valence-corrected chi connectivity index (χ2v) is 2.93. The van der Waals surface area contributed by atoms with Crippen molar-refractivity contribution in [1.29, 1.82) is 0 Å². The fourth-order valence-electron chi connectivity index (χ4n) is 1.04. The summed E-state index contributed by atoms with van der Waals surface area (Å²) in [5, 5.41) is 0.667. The summed E-state index contributed by atoms with van der Waals surface area (Å²) in [6.07, 6.45) is 5.33. The van der Waals surface area contributed by atoms with Gasteiger partial charge in [0, 0.05) is 12.4 Å². The largest absolute Gasteiger partial charge is 0.277 e. The van der Waals surface area contributed by atoms with Crippen LogP contribution in [-0.4, -0.2) is 19.7 Å². The lowest BCUT2D eigenvalue weighted by molar-refractivity contribution is 1.09. The summed E-state index contributed by atoms with van der Waals surface area (Å²) in [6.45, 7) is 0. The summed E-state index contributed by atoms with van der Waals surface area (Å²) >= 11 is 3.24. The van der Waals surface area contributed by atoms with E-state index in [-0.39, 0.29) is 0 Å². The van der Waals surface area contributed by atoms with E-state index in [1.165, 1.54) is 0 Å². The number of hydrogen-bond donors (Lipinski definition) is 0. The van der Waals surface area contributed by atoms with E-state index in [0.29, 0.717) is 11.1 Å². The van der Waals surface area contributed by atoms with Gasteiger partial charge in [0.25, 0.3) is 0 Å². The number of rotatable bonds is 0. The Morgan fingerprint density at radius 2 is 2.38 bits per heavy atom. The molecule has 2 heterocycles. The average Bonchev–Trinajstić information content (AvgIpc) is 2.58. The van der Waals surface area contributed by atoms with E-state index in [1.54, 1.807) is 12.4 Å². The van der Waals surface area contributed by atoms with E-state index in [9.17, 15) is 0 Å². The Morgan fingerprint density at radius 3 is 3.23 bits per heavy atom. The third kappa shape index (κ3) is 1.56. The van der Waals surface area contributed by atoms with Gasteiger partial charge < -0.3 is 0 Å². The fraction of sp³-hybridized carbons (Fsp3) is 0.111. The molecule has 2 aromatic heterocycles. The zero-order chi connectivity index (χ0) is 9.10. The van der Waals surface area contributed by atoms with Crippen molar-refractivity contribution in [3.8, 4) is 11.8 Å². The Hall–Kier alpha value is -1.34. The number of imidazole rings is 1. The van der Waals surface area contributed by atoms with Crippen LogP contribution >= 0.6 is 15.9 Å². The molecule has 0 aliphatic rings. The van der Waals surface area contributed by atoms with E-state index in [2.05, 4.69) is 37.7 Å². The highest BCUT2D eigenvalue weighted by atomic mass is 79.9. The highest BCUT2D eigenvalue weighted by Crippen LogP contribution is 2.01. The van der Waals surface area contributed by atoms with Crippen LogP contribution < -0.4 is 0 Å². The highest BCUT2D eigenvalue weighted by molar-refractivity contribution is 9.09. The zero-order valence-corrected chi connectivity index (χ0v) is 8.32. The third-order valence-corrected chi connectivity index (χ3v) is 1.85. The van der Waals surface area contributed by atoms with Crippen LogP contribution in [0.25, 0.3) is 5.78 Å². The molecule has 0 N–H and O–H groups in total. The predicted molar refractivity (Wildman–Crippen MR) is 53.7 cm³/mol. The molecule has 0 saturated heterocycles. The molecule has 0 aromatic carbocycles. The Kier molecular flexibility index (Phi) is 2.28. The van der Waals surface area contributed by atoms with Crippen LogP contribution in [0.4, 0.5) is 0 Å². The maximum absolute atomic E-state index is 4.11. The zero-order valence-electron chi connectivity index (χ0n) is 6.74. The van der Waals surface area contributed by atoms with Gasteiger partial charge in [0.2, 0.25) is 5.78 Å². The van der Waals surface area contributed by atoms with Gasteiger partial charge in [-0.05, 0) is 12.0 Å².